The van der Waals surface area contributed by atoms with Crippen molar-refractivity contribution < 1.29 is 13.5 Å². The number of hydrogen-bond donors (Lipinski definition) is 2. The maximum Gasteiger partial charge on any atom is 0.240 e. The van der Waals surface area contributed by atoms with E-state index in [1.807, 2.05) is 10.8 Å². The number of aliphatic hydroxyl groups is 1. The minimum Gasteiger partial charge on any atom is -0.389 e. The van der Waals surface area contributed by atoms with E-state index in [1.54, 1.807) is 31.6 Å². The van der Waals surface area contributed by atoms with Crippen molar-refractivity contribution in [3.63, 3.8) is 0 Å². The molecule has 0 saturated carbocycles. The van der Waals surface area contributed by atoms with E-state index in [0.717, 1.165) is 0 Å². The van der Waals surface area contributed by atoms with Gasteiger partial charge < -0.3 is 9.67 Å². The van der Waals surface area contributed by atoms with E-state index in [0.29, 0.717) is 25.1 Å². The van der Waals surface area contributed by atoms with Crippen molar-refractivity contribution in [1.29, 1.82) is 0 Å². The van der Waals surface area contributed by atoms with Gasteiger partial charge in [0.2, 0.25) is 10.0 Å². The van der Waals surface area contributed by atoms with E-state index < -0.39 is 16.1 Å². The summed E-state index contributed by atoms with van der Waals surface area (Å²) < 4.78 is 28.6. The van der Waals surface area contributed by atoms with Crippen LogP contribution in [0.2, 0.25) is 0 Å². The summed E-state index contributed by atoms with van der Waals surface area (Å²) in [7, 11) is -3.50. The van der Waals surface area contributed by atoms with Crippen LogP contribution in [0.25, 0.3) is 0 Å². The van der Waals surface area contributed by atoms with Gasteiger partial charge in [-0.1, -0.05) is 12.1 Å². The Bertz CT molecular complexity index is 649. The molecule has 0 aliphatic rings. The van der Waals surface area contributed by atoms with Gasteiger partial charge in [-0.2, -0.15) is 0 Å². The Balaban J connectivity index is 1.89. The molecule has 1 heterocycles. The molecule has 7 heteroatoms. The number of benzene rings is 1. The fourth-order valence-electron chi connectivity index (χ4n) is 1.90. The maximum absolute atomic E-state index is 12.1. The second kappa shape index (κ2) is 6.84. The fraction of sp³-hybridized carbons (Fsp3) is 0.357. The molecule has 1 atom stereocenters. The van der Waals surface area contributed by atoms with Crippen LogP contribution in [-0.4, -0.2) is 29.6 Å². The Kier molecular flexibility index (Phi) is 5.11. The average molecular weight is 309 g/mol. The lowest BCUT2D eigenvalue weighted by atomic mass is 10.1. The van der Waals surface area contributed by atoms with Crippen LogP contribution in [-0.2, 0) is 16.6 Å². The normalized spacial score (nSPS) is 13.2. The van der Waals surface area contributed by atoms with Crippen LogP contribution < -0.4 is 4.72 Å². The third kappa shape index (κ3) is 4.38. The van der Waals surface area contributed by atoms with Gasteiger partial charge in [-0.05, 0) is 31.0 Å². The van der Waals surface area contributed by atoms with E-state index in [-0.39, 0.29) is 4.90 Å². The van der Waals surface area contributed by atoms with E-state index in [9.17, 15) is 13.5 Å². The van der Waals surface area contributed by atoms with Gasteiger partial charge in [0.1, 0.15) is 0 Å². The Labute approximate surface area is 124 Å². The van der Waals surface area contributed by atoms with Gasteiger partial charge in [-0.3, -0.25) is 0 Å². The molecule has 0 fully saturated rings. The summed E-state index contributed by atoms with van der Waals surface area (Å²) in [6.45, 7) is 2.71. The highest BCUT2D eigenvalue weighted by Gasteiger charge is 2.13. The average Bonchev–Trinajstić information content (AvgIpc) is 2.97. The number of nitrogens with zero attached hydrogens (tertiary/aromatic N) is 2. The molecule has 0 spiro atoms. The highest BCUT2D eigenvalue weighted by Crippen LogP contribution is 2.15. The summed E-state index contributed by atoms with van der Waals surface area (Å²) in [5.41, 5.74) is 0.689. The lowest BCUT2D eigenvalue weighted by Gasteiger charge is -2.09. The van der Waals surface area contributed by atoms with Crippen LogP contribution in [0.5, 0.6) is 0 Å². The molecule has 0 aliphatic carbocycles. The first-order chi connectivity index (χ1) is 9.99. The first kappa shape index (κ1) is 15.7. The lowest BCUT2D eigenvalue weighted by molar-refractivity contribution is 0.199. The fourth-order valence-corrected chi connectivity index (χ4v) is 2.97. The molecular formula is C14H19N3O3S. The summed E-state index contributed by atoms with van der Waals surface area (Å²) in [6.07, 6.45) is 5.30. The zero-order valence-electron chi connectivity index (χ0n) is 11.8. The van der Waals surface area contributed by atoms with Crippen molar-refractivity contribution in [3.8, 4) is 0 Å². The quantitative estimate of drug-likeness (QED) is 0.755. The van der Waals surface area contributed by atoms with E-state index in [4.69, 9.17) is 0 Å². The van der Waals surface area contributed by atoms with Crippen LogP contribution in [0.3, 0.4) is 0 Å². The molecule has 0 saturated heterocycles. The number of aromatic nitrogens is 2. The van der Waals surface area contributed by atoms with E-state index in [2.05, 4.69) is 9.71 Å². The van der Waals surface area contributed by atoms with Crippen LogP contribution >= 0.6 is 0 Å². The molecule has 1 unspecified atom stereocenters. The summed E-state index contributed by atoms with van der Waals surface area (Å²) in [6, 6.07) is 6.23. The number of rotatable bonds is 7. The van der Waals surface area contributed by atoms with Crippen LogP contribution in [0.1, 0.15) is 25.0 Å². The maximum atomic E-state index is 12.1. The number of aliphatic hydroxyl groups excluding tert-OH is 1. The highest BCUT2D eigenvalue weighted by atomic mass is 32.2. The van der Waals surface area contributed by atoms with Gasteiger partial charge >= 0.3 is 0 Å². The van der Waals surface area contributed by atoms with Crippen molar-refractivity contribution in [3.05, 3.63) is 48.5 Å². The van der Waals surface area contributed by atoms with Gasteiger partial charge in [-0.15, -0.1) is 0 Å². The molecule has 6 nitrogen and oxygen atoms in total. The molecule has 114 valence electrons. The van der Waals surface area contributed by atoms with Gasteiger partial charge in [0.05, 0.1) is 17.3 Å². The monoisotopic (exact) mass is 309 g/mol. The molecule has 1 aromatic heterocycles. The van der Waals surface area contributed by atoms with Gasteiger partial charge in [0.15, 0.2) is 0 Å². The molecule has 0 amide bonds. The van der Waals surface area contributed by atoms with Gasteiger partial charge in [0, 0.05) is 25.5 Å². The largest absolute Gasteiger partial charge is 0.389 e. The smallest absolute Gasteiger partial charge is 0.240 e. The Morgan fingerprint density at radius 3 is 2.62 bits per heavy atom. The van der Waals surface area contributed by atoms with Crippen molar-refractivity contribution in [1.82, 2.24) is 14.3 Å². The van der Waals surface area contributed by atoms with Gasteiger partial charge in [0.25, 0.3) is 0 Å². The minimum atomic E-state index is -3.50. The summed E-state index contributed by atoms with van der Waals surface area (Å²) in [5, 5.41) is 9.41. The summed E-state index contributed by atoms with van der Waals surface area (Å²) >= 11 is 0. The van der Waals surface area contributed by atoms with Crippen LogP contribution in [0, 0.1) is 0 Å². The standard InChI is InChI=1S/C14H19N3O3S/c1-12(18)13-3-5-14(6-4-13)21(19,20)16-7-2-9-17-10-8-15-11-17/h3-6,8,10-12,16,18H,2,7,9H2,1H3. The third-order valence-electron chi connectivity index (χ3n) is 3.12. The molecule has 0 bridgehead atoms. The number of nitrogens with one attached hydrogen (secondary N) is 1. The van der Waals surface area contributed by atoms with E-state index in [1.165, 1.54) is 12.1 Å². The molecule has 21 heavy (non-hydrogen) atoms. The van der Waals surface area contributed by atoms with Gasteiger partial charge in [-0.25, -0.2) is 18.1 Å². The SMILES string of the molecule is CC(O)c1ccc(S(=O)(=O)NCCCn2ccnc2)cc1. The van der Waals surface area contributed by atoms with Crippen molar-refractivity contribution in [2.24, 2.45) is 0 Å². The lowest BCUT2D eigenvalue weighted by Crippen LogP contribution is -2.25. The molecule has 2 N–H and O–H groups in total. The molecule has 2 aromatic rings. The molecule has 1 aromatic carbocycles. The zero-order valence-corrected chi connectivity index (χ0v) is 12.6. The Hall–Kier alpha value is -1.70. The third-order valence-corrected chi connectivity index (χ3v) is 4.59. The predicted octanol–water partition coefficient (Wildman–Crippen LogP) is 1.30. The minimum absolute atomic E-state index is 0.203. The molecule has 2 rings (SSSR count). The Morgan fingerprint density at radius 2 is 2.05 bits per heavy atom. The van der Waals surface area contributed by atoms with E-state index >= 15 is 0 Å². The number of imidazole rings is 1. The van der Waals surface area contributed by atoms with Crippen LogP contribution in [0.4, 0.5) is 0 Å². The first-order valence-corrected chi connectivity index (χ1v) is 8.21. The van der Waals surface area contributed by atoms with Crippen molar-refractivity contribution in [2.45, 2.75) is 30.9 Å². The number of sulfonamides is 1. The molecule has 0 radical (unpaired) electrons. The second-order valence-corrected chi connectivity index (χ2v) is 6.56. The Morgan fingerprint density at radius 1 is 1.33 bits per heavy atom. The topological polar surface area (TPSA) is 84.2 Å². The predicted molar refractivity (Wildman–Crippen MR) is 79.1 cm³/mol. The zero-order chi connectivity index (χ0) is 15.3. The molecular weight excluding hydrogens is 290 g/mol. The number of aryl methyl sites for hydroxylation is 1. The second-order valence-electron chi connectivity index (χ2n) is 4.80. The summed E-state index contributed by atoms with van der Waals surface area (Å²) in [5.74, 6) is 0. The van der Waals surface area contributed by atoms with Crippen molar-refractivity contribution >= 4 is 10.0 Å². The highest BCUT2D eigenvalue weighted by molar-refractivity contribution is 7.89. The first-order valence-electron chi connectivity index (χ1n) is 6.72. The summed E-state index contributed by atoms with van der Waals surface area (Å²) in [4.78, 5) is 4.13. The van der Waals surface area contributed by atoms with Crippen LogP contribution in [0.15, 0.2) is 47.9 Å². The number of hydrogen-bond acceptors (Lipinski definition) is 4. The molecule has 0 aliphatic heterocycles. The van der Waals surface area contributed by atoms with Crippen molar-refractivity contribution in [2.75, 3.05) is 6.54 Å².